The third-order valence-electron chi connectivity index (χ3n) is 4.42. The van der Waals surface area contributed by atoms with Crippen molar-refractivity contribution >= 4 is 27.8 Å². The molecule has 3 rings (SSSR count). The monoisotopic (exact) mass is 437 g/mol. The Morgan fingerprint density at radius 2 is 1.74 bits per heavy atom. The van der Waals surface area contributed by atoms with Crippen LogP contribution in [0.15, 0.2) is 88.9 Å². The fourth-order valence-electron chi connectivity index (χ4n) is 2.88. The fraction of sp³-hybridized carbons (Fsp3) is 0.130. The van der Waals surface area contributed by atoms with Gasteiger partial charge in [-0.1, -0.05) is 48.0 Å². The molecule has 0 aliphatic carbocycles. The molecule has 160 valence electrons. The maximum atomic E-state index is 13.2. The van der Waals surface area contributed by atoms with E-state index in [4.69, 9.17) is 4.74 Å². The summed E-state index contributed by atoms with van der Waals surface area (Å²) in [6, 6.07) is 22.0. The number of hydrogen-bond donors (Lipinski definition) is 1. The maximum Gasteiger partial charge on any atom is 0.264 e. The molecule has 1 N–H and O–H groups in total. The minimum absolute atomic E-state index is 0.0851. The highest BCUT2D eigenvalue weighted by molar-refractivity contribution is 7.92. The summed E-state index contributed by atoms with van der Waals surface area (Å²) in [6.07, 6.45) is 1.51. The lowest BCUT2D eigenvalue weighted by Crippen LogP contribution is -2.39. The molecule has 0 saturated heterocycles. The topological polar surface area (TPSA) is 88.1 Å². The third kappa shape index (κ3) is 5.70. The molecule has 31 heavy (non-hydrogen) atoms. The lowest BCUT2D eigenvalue weighted by Gasteiger charge is -2.23. The number of carbonyl (C=O) groups is 1. The van der Waals surface area contributed by atoms with Crippen LogP contribution in [0.3, 0.4) is 0 Å². The van der Waals surface area contributed by atoms with E-state index in [1.807, 2.05) is 31.2 Å². The van der Waals surface area contributed by atoms with Crippen molar-refractivity contribution in [3.63, 3.8) is 0 Å². The molecule has 3 aromatic rings. The van der Waals surface area contributed by atoms with Gasteiger partial charge in [0, 0.05) is 0 Å². The Hall–Kier alpha value is -3.65. The smallest absolute Gasteiger partial charge is 0.264 e. The number of nitrogens with zero attached hydrogens (tertiary/aromatic N) is 2. The van der Waals surface area contributed by atoms with Crippen molar-refractivity contribution in [3.05, 3.63) is 90.0 Å². The molecule has 0 aromatic heterocycles. The Labute approximate surface area is 182 Å². The molecule has 0 heterocycles. The minimum Gasteiger partial charge on any atom is -0.497 e. The Bertz CT molecular complexity index is 1160. The zero-order valence-corrected chi connectivity index (χ0v) is 18.0. The van der Waals surface area contributed by atoms with Crippen molar-refractivity contribution in [1.82, 2.24) is 5.43 Å². The van der Waals surface area contributed by atoms with Gasteiger partial charge in [0.15, 0.2) is 0 Å². The van der Waals surface area contributed by atoms with E-state index < -0.39 is 22.5 Å². The van der Waals surface area contributed by atoms with E-state index >= 15 is 0 Å². The van der Waals surface area contributed by atoms with Crippen LogP contribution in [0, 0.1) is 6.92 Å². The van der Waals surface area contributed by atoms with Crippen LogP contribution in [0.2, 0.25) is 0 Å². The summed E-state index contributed by atoms with van der Waals surface area (Å²) in [5.41, 5.74) is 4.62. The molecule has 0 bridgehead atoms. The highest BCUT2D eigenvalue weighted by Gasteiger charge is 2.27. The Morgan fingerprint density at radius 3 is 2.39 bits per heavy atom. The van der Waals surface area contributed by atoms with Gasteiger partial charge in [0.2, 0.25) is 0 Å². The summed E-state index contributed by atoms with van der Waals surface area (Å²) in [7, 11) is -2.45. The van der Waals surface area contributed by atoms with Crippen LogP contribution in [0.4, 0.5) is 5.69 Å². The van der Waals surface area contributed by atoms with E-state index in [0.29, 0.717) is 11.4 Å². The highest BCUT2D eigenvalue weighted by atomic mass is 32.2. The van der Waals surface area contributed by atoms with E-state index in [-0.39, 0.29) is 4.90 Å². The molecule has 7 nitrogen and oxygen atoms in total. The number of nitrogens with one attached hydrogen (secondary N) is 1. The molecule has 0 radical (unpaired) electrons. The number of carbonyl (C=O) groups excluding carboxylic acids is 1. The number of hydrogen-bond acceptors (Lipinski definition) is 5. The van der Waals surface area contributed by atoms with Crippen LogP contribution >= 0.6 is 0 Å². The number of hydrazone groups is 1. The first-order valence-electron chi connectivity index (χ1n) is 9.50. The summed E-state index contributed by atoms with van der Waals surface area (Å²) >= 11 is 0. The van der Waals surface area contributed by atoms with Gasteiger partial charge in [0.05, 0.1) is 23.9 Å². The van der Waals surface area contributed by atoms with Gasteiger partial charge < -0.3 is 4.74 Å². The van der Waals surface area contributed by atoms with E-state index in [1.54, 1.807) is 42.5 Å². The highest BCUT2D eigenvalue weighted by Crippen LogP contribution is 2.25. The van der Waals surface area contributed by atoms with Gasteiger partial charge in [0.1, 0.15) is 12.3 Å². The summed E-state index contributed by atoms with van der Waals surface area (Å²) in [6.45, 7) is 1.52. The largest absolute Gasteiger partial charge is 0.497 e. The second kappa shape index (κ2) is 9.90. The molecule has 0 spiro atoms. The van der Waals surface area contributed by atoms with Gasteiger partial charge in [-0.2, -0.15) is 5.10 Å². The SMILES string of the molecule is COc1ccc(N(CC(=O)NN=Cc2cccc(C)c2)S(=O)(=O)c2ccccc2)cc1. The zero-order valence-electron chi connectivity index (χ0n) is 17.2. The van der Waals surface area contributed by atoms with Crippen molar-refractivity contribution in [2.45, 2.75) is 11.8 Å². The number of rotatable bonds is 8. The molecule has 0 fully saturated rings. The van der Waals surface area contributed by atoms with Crippen molar-refractivity contribution in [1.29, 1.82) is 0 Å². The van der Waals surface area contributed by atoms with Crippen LogP contribution in [0.1, 0.15) is 11.1 Å². The molecular weight excluding hydrogens is 414 g/mol. The average molecular weight is 438 g/mol. The van der Waals surface area contributed by atoms with Crippen molar-refractivity contribution in [2.75, 3.05) is 18.0 Å². The molecule has 0 aliphatic rings. The van der Waals surface area contributed by atoms with E-state index in [9.17, 15) is 13.2 Å². The Kier molecular flexibility index (Phi) is 7.04. The van der Waals surface area contributed by atoms with Crippen LogP contribution in [-0.2, 0) is 14.8 Å². The Morgan fingerprint density at radius 1 is 1.03 bits per heavy atom. The first kappa shape index (κ1) is 22.0. The number of benzene rings is 3. The second-order valence-corrected chi connectivity index (χ2v) is 8.59. The molecule has 1 amide bonds. The van der Waals surface area contributed by atoms with Crippen LogP contribution < -0.4 is 14.5 Å². The van der Waals surface area contributed by atoms with Crippen molar-refractivity contribution < 1.29 is 17.9 Å². The molecular formula is C23H23N3O4S. The van der Waals surface area contributed by atoms with Gasteiger partial charge in [-0.15, -0.1) is 0 Å². The van der Waals surface area contributed by atoms with Crippen molar-refractivity contribution in [2.24, 2.45) is 5.10 Å². The molecule has 0 unspecified atom stereocenters. The van der Waals surface area contributed by atoms with E-state index in [1.165, 1.54) is 25.5 Å². The molecule has 8 heteroatoms. The van der Waals surface area contributed by atoms with Gasteiger partial charge in [0.25, 0.3) is 15.9 Å². The summed E-state index contributed by atoms with van der Waals surface area (Å²) in [5, 5.41) is 3.95. The first-order valence-corrected chi connectivity index (χ1v) is 10.9. The van der Waals surface area contributed by atoms with Gasteiger partial charge >= 0.3 is 0 Å². The van der Waals surface area contributed by atoms with Crippen LogP contribution in [-0.4, -0.2) is 34.2 Å². The summed E-state index contributed by atoms with van der Waals surface area (Å²) in [5.74, 6) is 0.00671. The normalized spacial score (nSPS) is 11.3. The number of sulfonamides is 1. The molecule has 0 aliphatic heterocycles. The predicted molar refractivity (Wildman–Crippen MR) is 121 cm³/mol. The van der Waals surface area contributed by atoms with Crippen LogP contribution in [0.25, 0.3) is 0 Å². The molecule has 3 aromatic carbocycles. The number of methoxy groups -OCH3 is 1. The van der Waals surface area contributed by atoms with Gasteiger partial charge in [-0.25, -0.2) is 13.8 Å². The Balaban J connectivity index is 1.83. The van der Waals surface area contributed by atoms with Gasteiger partial charge in [-0.3, -0.25) is 9.10 Å². The average Bonchev–Trinajstić information content (AvgIpc) is 2.78. The number of amides is 1. The van der Waals surface area contributed by atoms with Crippen molar-refractivity contribution in [3.8, 4) is 5.75 Å². The molecule has 0 saturated carbocycles. The van der Waals surface area contributed by atoms with E-state index in [2.05, 4.69) is 10.5 Å². The lowest BCUT2D eigenvalue weighted by molar-refractivity contribution is -0.119. The fourth-order valence-corrected chi connectivity index (χ4v) is 4.32. The number of aryl methyl sites for hydroxylation is 1. The number of ether oxygens (including phenoxy) is 1. The third-order valence-corrected chi connectivity index (χ3v) is 6.21. The lowest BCUT2D eigenvalue weighted by atomic mass is 10.2. The molecule has 0 atom stereocenters. The minimum atomic E-state index is -3.97. The van der Waals surface area contributed by atoms with Crippen LogP contribution in [0.5, 0.6) is 5.75 Å². The second-order valence-electron chi connectivity index (χ2n) is 6.73. The summed E-state index contributed by atoms with van der Waals surface area (Å²) < 4.78 is 32.6. The van der Waals surface area contributed by atoms with E-state index in [0.717, 1.165) is 15.4 Å². The quantitative estimate of drug-likeness (QED) is 0.432. The predicted octanol–water partition coefficient (Wildman–Crippen LogP) is 3.35. The maximum absolute atomic E-state index is 13.2. The number of anilines is 1. The first-order chi connectivity index (χ1) is 14.9. The zero-order chi connectivity index (χ0) is 22.3. The standard InChI is InChI=1S/C23H23N3O4S/c1-18-7-6-8-19(15-18)16-24-25-23(27)17-26(20-11-13-21(30-2)14-12-20)31(28,29)22-9-4-3-5-10-22/h3-16H,17H2,1-2H3,(H,25,27). The van der Waals surface area contributed by atoms with Gasteiger partial charge in [-0.05, 0) is 48.9 Å². The summed E-state index contributed by atoms with van der Waals surface area (Å²) in [4.78, 5) is 12.6.